The molecule has 0 atom stereocenters. The number of hydrogen-bond donors (Lipinski definition) is 1. The van der Waals surface area contributed by atoms with Gasteiger partial charge in [-0.3, -0.25) is 4.79 Å². The standard InChI is InChI=1S/C20H30FN3O2/c1-20(2,3)15-22-19(26)24-11-5-10-23(12-13-24)18(25)9-8-16-6-4-7-17(21)14-16/h4,6-7,14H,5,8-13,15H2,1-3H3,(H,22,26). The summed E-state index contributed by atoms with van der Waals surface area (Å²) < 4.78 is 13.2. The van der Waals surface area contributed by atoms with Crippen molar-refractivity contribution in [3.8, 4) is 0 Å². The van der Waals surface area contributed by atoms with Gasteiger partial charge >= 0.3 is 6.03 Å². The molecule has 0 aromatic heterocycles. The second-order valence-corrected chi connectivity index (χ2v) is 8.07. The zero-order valence-electron chi connectivity index (χ0n) is 16.1. The normalized spacial score (nSPS) is 15.5. The van der Waals surface area contributed by atoms with Crippen molar-refractivity contribution in [1.82, 2.24) is 15.1 Å². The third-order valence-electron chi connectivity index (χ3n) is 4.42. The molecule has 144 valence electrons. The number of aryl methyl sites for hydroxylation is 1. The fourth-order valence-electron chi connectivity index (χ4n) is 2.92. The molecule has 26 heavy (non-hydrogen) atoms. The number of halogens is 1. The first-order valence-electron chi connectivity index (χ1n) is 9.29. The molecule has 1 aliphatic rings. The summed E-state index contributed by atoms with van der Waals surface area (Å²) >= 11 is 0. The average Bonchev–Trinajstić information content (AvgIpc) is 2.83. The molecule has 2 rings (SSSR count). The lowest BCUT2D eigenvalue weighted by Gasteiger charge is -2.25. The third-order valence-corrected chi connectivity index (χ3v) is 4.42. The van der Waals surface area contributed by atoms with Gasteiger partial charge in [-0.2, -0.15) is 0 Å². The van der Waals surface area contributed by atoms with E-state index in [2.05, 4.69) is 26.1 Å². The molecule has 0 saturated carbocycles. The third kappa shape index (κ3) is 6.65. The van der Waals surface area contributed by atoms with Crippen LogP contribution in [0.4, 0.5) is 9.18 Å². The van der Waals surface area contributed by atoms with Crippen molar-refractivity contribution in [3.63, 3.8) is 0 Å². The zero-order chi connectivity index (χ0) is 19.2. The summed E-state index contributed by atoms with van der Waals surface area (Å²) in [6.45, 7) is 9.26. The Kier molecular flexibility index (Phi) is 7.00. The Balaban J connectivity index is 1.79. The fourth-order valence-corrected chi connectivity index (χ4v) is 2.92. The number of urea groups is 1. The predicted molar refractivity (Wildman–Crippen MR) is 100 cm³/mol. The van der Waals surface area contributed by atoms with E-state index in [1.807, 2.05) is 11.0 Å². The quantitative estimate of drug-likeness (QED) is 0.894. The Bertz CT molecular complexity index is 628. The van der Waals surface area contributed by atoms with Crippen LogP contribution in [0, 0.1) is 11.2 Å². The van der Waals surface area contributed by atoms with Crippen molar-refractivity contribution < 1.29 is 14.0 Å². The van der Waals surface area contributed by atoms with Crippen molar-refractivity contribution in [1.29, 1.82) is 0 Å². The number of nitrogens with zero attached hydrogens (tertiary/aromatic N) is 2. The minimum Gasteiger partial charge on any atom is -0.341 e. The maximum atomic E-state index is 13.2. The van der Waals surface area contributed by atoms with Gasteiger partial charge in [-0.1, -0.05) is 32.9 Å². The van der Waals surface area contributed by atoms with E-state index in [9.17, 15) is 14.0 Å². The first-order chi connectivity index (χ1) is 12.2. The van der Waals surface area contributed by atoms with Gasteiger partial charge in [-0.15, -0.1) is 0 Å². The van der Waals surface area contributed by atoms with Gasteiger partial charge in [0.05, 0.1) is 0 Å². The monoisotopic (exact) mass is 363 g/mol. The van der Waals surface area contributed by atoms with Gasteiger partial charge in [-0.05, 0) is 36.0 Å². The molecule has 0 radical (unpaired) electrons. The van der Waals surface area contributed by atoms with Crippen LogP contribution >= 0.6 is 0 Å². The molecular formula is C20H30FN3O2. The highest BCUT2D eigenvalue weighted by Crippen LogP contribution is 2.12. The Morgan fingerprint density at radius 1 is 1.12 bits per heavy atom. The maximum absolute atomic E-state index is 13.2. The molecule has 1 aromatic carbocycles. The molecule has 1 saturated heterocycles. The van der Waals surface area contributed by atoms with E-state index in [-0.39, 0.29) is 23.2 Å². The minimum absolute atomic E-state index is 0.0421. The summed E-state index contributed by atoms with van der Waals surface area (Å²) in [7, 11) is 0. The van der Waals surface area contributed by atoms with Crippen molar-refractivity contribution in [3.05, 3.63) is 35.6 Å². The predicted octanol–water partition coefficient (Wildman–Crippen LogP) is 3.05. The highest BCUT2D eigenvalue weighted by Gasteiger charge is 2.22. The number of carbonyl (C=O) groups is 2. The van der Waals surface area contributed by atoms with Crippen molar-refractivity contribution in [2.75, 3.05) is 32.7 Å². The second kappa shape index (κ2) is 9.01. The molecule has 0 aliphatic carbocycles. The van der Waals surface area contributed by atoms with Crippen LogP contribution in [-0.4, -0.2) is 54.5 Å². The molecule has 0 bridgehead atoms. The van der Waals surface area contributed by atoms with E-state index in [0.29, 0.717) is 45.6 Å². The first-order valence-corrected chi connectivity index (χ1v) is 9.29. The van der Waals surface area contributed by atoms with Gasteiger partial charge < -0.3 is 15.1 Å². The summed E-state index contributed by atoms with van der Waals surface area (Å²) in [5, 5.41) is 2.96. The second-order valence-electron chi connectivity index (χ2n) is 8.07. The van der Waals surface area contributed by atoms with Crippen LogP contribution in [0.5, 0.6) is 0 Å². The lowest BCUT2D eigenvalue weighted by atomic mass is 9.97. The summed E-state index contributed by atoms with van der Waals surface area (Å²) in [4.78, 5) is 28.3. The fraction of sp³-hybridized carbons (Fsp3) is 0.600. The number of carbonyl (C=O) groups excluding carboxylic acids is 2. The molecule has 1 aromatic rings. The Morgan fingerprint density at radius 2 is 1.81 bits per heavy atom. The lowest BCUT2D eigenvalue weighted by Crippen LogP contribution is -2.44. The van der Waals surface area contributed by atoms with Crippen LogP contribution in [0.3, 0.4) is 0 Å². The van der Waals surface area contributed by atoms with Gasteiger partial charge in [0.25, 0.3) is 0 Å². The zero-order valence-corrected chi connectivity index (χ0v) is 16.1. The van der Waals surface area contributed by atoms with Gasteiger partial charge in [0, 0.05) is 39.1 Å². The van der Waals surface area contributed by atoms with Crippen LogP contribution in [0.2, 0.25) is 0 Å². The van der Waals surface area contributed by atoms with Gasteiger partial charge in [0.15, 0.2) is 0 Å². The van der Waals surface area contributed by atoms with Crippen molar-refractivity contribution in [2.24, 2.45) is 5.41 Å². The molecule has 1 aliphatic heterocycles. The first kappa shape index (κ1) is 20.2. The van der Waals surface area contributed by atoms with E-state index < -0.39 is 0 Å². The maximum Gasteiger partial charge on any atom is 0.317 e. The number of hydrogen-bond acceptors (Lipinski definition) is 2. The SMILES string of the molecule is CC(C)(C)CNC(=O)N1CCCN(C(=O)CCc2cccc(F)c2)CC1. The van der Waals surface area contributed by atoms with Gasteiger partial charge in [0.1, 0.15) is 5.82 Å². The highest BCUT2D eigenvalue weighted by atomic mass is 19.1. The number of rotatable bonds is 4. The molecule has 1 N–H and O–H groups in total. The van der Waals surface area contributed by atoms with E-state index >= 15 is 0 Å². The Labute approximate surface area is 155 Å². The van der Waals surface area contributed by atoms with Crippen LogP contribution in [-0.2, 0) is 11.2 Å². The molecule has 3 amide bonds. The number of amides is 3. The van der Waals surface area contributed by atoms with Crippen molar-refractivity contribution >= 4 is 11.9 Å². The van der Waals surface area contributed by atoms with Gasteiger partial charge in [0.2, 0.25) is 5.91 Å². The number of benzene rings is 1. The molecule has 1 fully saturated rings. The van der Waals surface area contributed by atoms with E-state index in [1.54, 1.807) is 11.0 Å². The molecule has 0 unspecified atom stereocenters. The topological polar surface area (TPSA) is 52.7 Å². The van der Waals surface area contributed by atoms with Crippen molar-refractivity contribution in [2.45, 2.75) is 40.0 Å². The Hall–Kier alpha value is -2.11. The minimum atomic E-state index is -0.276. The lowest BCUT2D eigenvalue weighted by molar-refractivity contribution is -0.131. The summed E-state index contributed by atoms with van der Waals surface area (Å²) in [5.41, 5.74) is 0.872. The van der Waals surface area contributed by atoms with Crippen LogP contribution in [0.1, 0.15) is 39.2 Å². The van der Waals surface area contributed by atoms with E-state index in [1.165, 1.54) is 12.1 Å². The molecule has 5 nitrogen and oxygen atoms in total. The largest absolute Gasteiger partial charge is 0.341 e. The smallest absolute Gasteiger partial charge is 0.317 e. The molecule has 0 spiro atoms. The molecule has 6 heteroatoms. The molecular weight excluding hydrogens is 333 g/mol. The summed E-state index contributed by atoms with van der Waals surface area (Å²) in [6, 6.07) is 6.31. The van der Waals surface area contributed by atoms with Crippen LogP contribution in [0.25, 0.3) is 0 Å². The molecule has 1 heterocycles. The van der Waals surface area contributed by atoms with E-state index in [4.69, 9.17) is 0 Å². The number of nitrogens with one attached hydrogen (secondary N) is 1. The Morgan fingerprint density at radius 3 is 2.50 bits per heavy atom. The van der Waals surface area contributed by atoms with E-state index in [0.717, 1.165) is 12.0 Å². The summed E-state index contributed by atoms with van der Waals surface area (Å²) in [6.07, 6.45) is 1.66. The summed E-state index contributed by atoms with van der Waals surface area (Å²) in [5.74, 6) is -0.215. The van der Waals surface area contributed by atoms with Crippen LogP contribution in [0.15, 0.2) is 24.3 Å². The highest BCUT2D eigenvalue weighted by molar-refractivity contribution is 5.77. The average molecular weight is 363 g/mol. The van der Waals surface area contributed by atoms with Crippen LogP contribution < -0.4 is 5.32 Å². The van der Waals surface area contributed by atoms with Gasteiger partial charge in [-0.25, -0.2) is 9.18 Å².